The number of ether oxygens (including phenoxy) is 1. The molecule has 0 unspecified atom stereocenters. The Labute approximate surface area is 284 Å². The fourth-order valence-electron chi connectivity index (χ4n) is 6.03. The number of sulfonamides is 1. The van der Waals surface area contributed by atoms with Crippen LogP contribution in [0.5, 0.6) is 5.75 Å². The quantitative estimate of drug-likeness (QED) is 0.125. The highest BCUT2D eigenvalue weighted by Gasteiger charge is 2.26. The second-order valence-corrected chi connectivity index (χ2v) is 13.6. The van der Waals surface area contributed by atoms with Crippen LogP contribution >= 0.6 is 11.6 Å². The number of hydrogen-bond acceptors (Lipinski definition) is 5. The number of carboxylic acids is 1. The van der Waals surface area contributed by atoms with E-state index in [9.17, 15) is 18.3 Å². The number of carboxylic acid groups (broad SMARTS) is 1. The number of nitrogens with zero attached hydrogens (tertiary/aromatic N) is 2. The van der Waals surface area contributed by atoms with Crippen molar-refractivity contribution < 1.29 is 23.1 Å². The molecule has 2 N–H and O–H groups in total. The molecule has 4 aromatic carbocycles. The average molecular weight is 680 g/mol. The van der Waals surface area contributed by atoms with Gasteiger partial charge in [-0.2, -0.15) is 0 Å². The SMILES string of the molecule is O=C(O)c1ccc(OCCc2c(CCNS(=O)(=O)Cc3ccccn3)n(C(c3ccccc3)c3ccccc3)c3ccc(Cl)cc23)cc1. The summed E-state index contributed by atoms with van der Waals surface area (Å²) in [6, 6.07) is 37.6. The van der Waals surface area contributed by atoms with Gasteiger partial charge >= 0.3 is 5.97 Å². The Kier molecular flexibility index (Phi) is 10.2. The summed E-state index contributed by atoms with van der Waals surface area (Å²) in [7, 11) is -3.66. The molecule has 0 amide bonds. The lowest BCUT2D eigenvalue weighted by Crippen LogP contribution is -2.28. The number of aromatic nitrogens is 2. The minimum absolute atomic E-state index is 0.167. The second kappa shape index (κ2) is 14.9. The molecule has 2 aromatic heterocycles. The molecule has 10 heteroatoms. The van der Waals surface area contributed by atoms with Crippen LogP contribution in [0.25, 0.3) is 10.9 Å². The van der Waals surface area contributed by atoms with Gasteiger partial charge in [0.2, 0.25) is 10.0 Å². The first-order chi connectivity index (χ1) is 23.3. The summed E-state index contributed by atoms with van der Waals surface area (Å²) in [5, 5.41) is 10.8. The fourth-order valence-corrected chi connectivity index (χ4v) is 7.28. The Morgan fingerprint density at radius 2 is 1.52 bits per heavy atom. The normalized spacial score (nSPS) is 11.6. The number of fused-ring (bicyclic) bond motifs is 1. The maximum Gasteiger partial charge on any atom is 0.335 e. The molecule has 0 aliphatic heterocycles. The van der Waals surface area contributed by atoms with E-state index in [1.54, 1.807) is 36.5 Å². The molecular weight excluding hydrogens is 646 g/mol. The molecule has 6 rings (SSSR count). The monoisotopic (exact) mass is 679 g/mol. The van der Waals surface area contributed by atoms with Crippen molar-refractivity contribution >= 4 is 38.5 Å². The van der Waals surface area contributed by atoms with Gasteiger partial charge in [0, 0.05) is 47.2 Å². The first-order valence-corrected chi connectivity index (χ1v) is 17.6. The van der Waals surface area contributed by atoms with Gasteiger partial charge in [0.1, 0.15) is 11.5 Å². The average Bonchev–Trinajstić information content (AvgIpc) is 3.37. The highest BCUT2D eigenvalue weighted by molar-refractivity contribution is 7.88. The summed E-state index contributed by atoms with van der Waals surface area (Å²) >= 11 is 6.59. The highest BCUT2D eigenvalue weighted by Crippen LogP contribution is 2.37. The molecule has 6 aromatic rings. The molecule has 2 heterocycles. The fraction of sp³-hybridized carbons (Fsp3) is 0.158. The van der Waals surface area contributed by atoms with Crippen molar-refractivity contribution in [2.75, 3.05) is 13.2 Å². The van der Waals surface area contributed by atoms with Crippen LogP contribution in [-0.4, -0.2) is 42.2 Å². The molecular formula is C38H34ClN3O5S. The number of pyridine rings is 1. The van der Waals surface area contributed by atoms with Crippen molar-refractivity contribution in [3.05, 3.63) is 166 Å². The van der Waals surface area contributed by atoms with Gasteiger partial charge in [0.05, 0.1) is 23.9 Å². The van der Waals surface area contributed by atoms with Crippen LogP contribution in [0.2, 0.25) is 5.02 Å². The number of aromatic carboxylic acids is 1. The van der Waals surface area contributed by atoms with E-state index in [0.29, 0.717) is 35.9 Å². The molecule has 0 aliphatic carbocycles. The molecule has 0 fully saturated rings. The molecule has 0 atom stereocenters. The smallest absolute Gasteiger partial charge is 0.335 e. The zero-order valence-corrected chi connectivity index (χ0v) is 27.6. The van der Waals surface area contributed by atoms with Crippen LogP contribution in [0.4, 0.5) is 0 Å². The second-order valence-electron chi connectivity index (χ2n) is 11.3. The third-order valence-electron chi connectivity index (χ3n) is 8.14. The molecule has 0 saturated heterocycles. The summed E-state index contributed by atoms with van der Waals surface area (Å²) < 4.78 is 37.4. The van der Waals surface area contributed by atoms with Crippen LogP contribution in [0.1, 0.15) is 44.5 Å². The number of benzene rings is 4. The lowest BCUT2D eigenvalue weighted by Gasteiger charge is -2.25. The van der Waals surface area contributed by atoms with E-state index >= 15 is 0 Å². The number of nitrogens with one attached hydrogen (secondary N) is 1. The Balaban J connectivity index is 1.40. The van der Waals surface area contributed by atoms with Gasteiger partial charge in [0.25, 0.3) is 0 Å². The van der Waals surface area contributed by atoms with Crippen molar-refractivity contribution in [1.29, 1.82) is 0 Å². The number of rotatable bonds is 14. The Hall–Kier alpha value is -4.96. The zero-order chi connectivity index (χ0) is 33.5. The molecule has 48 heavy (non-hydrogen) atoms. The summed E-state index contributed by atoms with van der Waals surface area (Å²) in [4.78, 5) is 15.5. The molecule has 0 spiro atoms. The van der Waals surface area contributed by atoms with Crippen LogP contribution in [0.15, 0.2) is 128 Å². The van der Waals surface area contributed by atoms with Crippen molar-refractivity contribution in [1.82, 2.24) is 14.3 Å². The van der Waals surface area contributed by atoms with Gasteiger partial charge in [-0.1, -0.05) is 78.3 Å². The van der Waals surface area contributed by atoms with E-state index in [4.69, 9.17) is 16.3 Å². The van der Waals surface area contributed by atoms with Crippen molar-refractivity contribution in [2.24, 2.45) is 0 Å². The first kappa shape index (κ1) is 33.0. The highest BCUT2D eigenvalue weighted by atomic mass is 35.5. The summed E-state index contributed by atoms with van der Waals surface area (Å²) in [6.45, 7) is 0.470. The maximum absolute atomic E-state index is 13.1. The lowest BCUT2D eigenvalue weighted by molar-refractivity contribution is 0.0697. The summed E-state index contributed by atoms with van der Waals surface area (Å²) in [5.74, 6) is -0.667. The Morgan fingerprint density at radius 1 is 0.854 bits per heavy atom. The van der Waals surface area contributed by atoms with E-state index in [-0.39, 0.29) is 23.9 Å². The minimum Gasteiger partial charge on any atom is -0.493 e. The number of carbonyl (C=O) groups is 1. The van der Waals surface area contributed by atoms with E-state index in [0.717, 1.165) is 33.3 Å². The molecule has 8 nitrogen and oxygen atoms in total. The van der Waals surface area contributed by atoms with E-state index in [2.05, 4.69) is 38.5 Å². The van der Waals surface area contributed by atoms with Crippen LogP contribution in [0.3, 0.4) is 0 Å². The standard InChI is InChI=1S/C38H34ClN3O5S/c39-30-16-19-35-34(25-30)33(21-24-47-32-17-14-29(15-18-32)38(43)44)36(20-23-41-48(45,46)26-31-13-7-8-22-40-31)42(35)37(27-9-3-1-4-10-27)28-11-5-2-6-12-28/h1-19,22,25,37,41H,20-21,23-24,26H2,(H,43,44). The van der Waals surface area contributed by atoms with Gasteiger partial charge in [-0.3, -0.25) is 4.98 Å². The first-order valence-electron chi connectivity index (χ1n) is 15.5. The van der Waals surface area contributed by atoms with Gasteiger partial charge in [0.15, 0.2) is 0 Å². The summed E-state index contributed by atoms with van der Waals surface area (Å²) in [5.41, 5.74) is 5.72. The van der Waals surface area contributed by atoms with Crippen molar-refractivity contribution in [3.63, 3.8) is 0 Å². The predicted octanol–water partition coefficient (Wildman–Crippen LogP) is 7.31. The van der Waals surface area contributed by atoms with Crippen molar-refractivity contribution in [3.8, 4) is 5.75 Å². The minimum atomic E-state index is -3.66. The van der Waals surface area contributed by atoms with Gasteiger partial charge < -0.3 is 14.4 Å². The van der Waals surface area contributed by atoms with Crippen LogP contribution in [0, 0.1) is 0 Å². The van der Waals surface area contributed by atoms with E-state index in [1.165, 1.54) is 12.1 Å². The molecule has 0 radical (unpaired) electrons. The van der Waals surface area contributed by atoms with Crippen LogP contribution in [-0.2, 0) is 28.6 Å². The predicted molar refractivity (Wildman–Crippen MR) is 188 cm³/mol. The third-order valence-corrected chi connectivity index (χ3v) is 9.70. The van der Waals surface area contributed by atoms with Gasteiger partial charge in [-0.15, -0.1) is 0 Å². The number of hydrogen-bond donors (Lipinski definition) is 2. The number of halogens is 1. The van der Waals surface area contributed by atoms with Crippen LogP contribution < -0.4 is 9.46 Å². The molecule has 244 valence electrons. The Morgan fingerprint density at radius 3 is 2.15 bits per heavy atom. The zero-order valence-electron chi connectivity index (χ0n) is 26.0. The third kappa shape index (κ3) is 7.77. The largest absolute Gasteiger partial charge is 0.493 e. The lowest BCUT2D eigenvalue weighted by atomic mass is 9.97. The molecule has 0 saturated carbocycles. The summed E-state index contributed by atoms with van der Waals surface area (Å²) in [6.07, 6.45) is 2.47. The van der Waals surface area contributed by atoms with E-state index in [1.807, 2.05) is 54.6 Å². The van der Waals surface area contributed by atoms with E-state index < -0.39 is 16.0 Å². The maximum atomic E-state index is 13.1. The van der Waals surface area contributed by atoms with Gasteiger partial charge in [-0.05, 0) is 71.3 Å². The van der Waals surface area contributed by atoms with Gasteiger partial charge in [-0.25, -0.2) is 17.9 Å². The topological polar surface area (TPSA) is 111 Å². The van der Waals surface area contributed by atoms with Crippen molar-refractivity contribution in [2.45, 2.75) is 24.6 Å². The molecule has 0 bridgehead atoms. The Bertz CT molecular complexity index is 2070. The molecule has 0 aliphatic rings.